The van der Waals surface area contributed by atoms with Crippen LogP contribution < -0.4 is 14.8 Å². The number of halogens is 1. The average Bonchev–Trinajstić information content (AvgIpc) is 3.90. The molecule has 1 aliphatic carbocycles. The van der Waals surface area contributed by atoms with E-state index in [1.165, 1.54) is 17.1 Å². The monoisotopic (exact) mass is 799 g/mol. The van der Waals surface area contributed by atoms with Gasteiger partial charge in [0, 0.05) is 35.1 Å². The molecule has 4 atom stereocenters. The first-order valence-corrected chi connectivity index (χ1v) is 21.7. The molecule has 3 saturated heterocycles. The molecule has 8 rings (SSSR count). The second-order valence-electron chi connectivity index (χ2n) is 16.7. The molecule has 4 fully saturated rings. The first-order valence-electron chi connectivity index (χ1n) is 19.9. The van der Waals surface area contributed by atoms with E-state index >= 15 is 0 Å². The highest BCUT2D eigenvalue weighted by molar-refractivity contribution is 7.89. The normalized spacial score (nSPS) is 24.4. The van der Waals surface area contributed by atoms with E-state index in [0.29, 0.717) is 23.6 Å². The lowest BCUT2D eigenvalue weighted by Gasteiger charge is -2.41. The summed E-state index contributed by atoms with van der Waals surface area (Å²) < 4.78 is 49.0. The Morgan fingerprint density at radius 1 is 0.768 bits per heavy atom. The minimum Gasteiger partial charge on any atom is -0.490 e. The van der Waals surface area contributed by atoms with Crippen LogP contribution in [0.5, 0.6) is 11.5 Å². The molecule has 296 valence electrons. The Labute approximate surface area is 334 Å². The third-order valence-corrected chi connectivity index (χ3v) is 13.7. The van der Waals surface area contributed by atoms with Crippen molar-refractivity contribution in [3.63, 3.8) is 0 Å². The number of carbonyl (C=O) groups is 2. The van der Waals surface area contributed by atoms with Crippen molar-refractivity contribution in [2.75, 3.05) is 6.54 Å². The highest BCUT2D eigenvalue weighted by atomic mass is 35.5. The van der Waals surface area contributed by atoms with Gasteiger partial charge in [-0.05, 0) is 131 Å². The van der Waals surface area contributed by atoms with E-state index in [2.05, 4.69) is 5.32 Å². The molecule has 2 unspecified atom stereocenters. The van der Waals surface area contributed by atoms with Gasteiger partial charge in [-0.15, -0.1) is 0 Å². The van der Waals surface area contributed by atoms with E-state index in [4.69, 9.17) is 25.8 Å². The summed E-state index contributed by atoms with van der Waals surface area (Å²) in [4.78, 5) is 29.4. The lowest BCUT2D eigenvalue weighted by Crippen LogP contribution is -2.57. The van der Waals surface area contributed by atoms with Gasteiger partial charge in [0.05, 0.1) is 17.5 Å². The molecule has 3 aliphatic heterocycles. The number of fused-ring (bicyclic) bond motifs is 3. The van der Waals surface area contributed by atoms with Crippen LogP contribution in [0.2, 0.25) is 5.02 Å². The Morgan fingerprint density at radius 3 is 2.12 bits per heavy atom. The van der Waals surface area contributed by atoms with Crippen LogP contribution in [0.25, 0.3) is 21.9 Å². The van der Waals surface area contributed by atoms with Crippen molar-refractivity contribution in [1.82, 2.24) is 14.5 Å². The zero-order valence-corrected chi connectivity index (χ0v) is 33.7. The van der Waals surface area contributed by atoms with Gasteiger partial charge in [0.25, 0.3) is 0 Å². The van der Waals surface area contributed by atoms with Gasteiger partial charge in [-0.3, -0.25) is 4.79 Å². The van der Waals surface area contributed by atoms with Crippen LogP contribution in [0.15, 0.2) is 89.8 Å². The maximum Gasteiger partial charge on any atom is 0.407 e. The summed E-state index contributed by atoms with van der Waals surface area (Å²) >= 11 is 6.61. The van der Waals surface area contributed by atoms with Gasteiger partial charge in [-0.25, -0.2) is 13.2 Å². The largest absolute Gasteiger partial charge is 0.490 e. The first kappa shape index (κ1) is 38.5. The molecule has 4 aromatic carbocycles. The number of amides is 2. The molecule has 4 aromatic rings. The number of nitrogens with one attached hydrogen (secondary N) is 1. The number of piperidine rings is 1. The van der Waals surface area contributed by atoms with E-state index < -0.39 is 33.9 Å². The number of hydrogen-bond acceptors (Lipinski definition) is 7. The number of sulfonamides is 1. The summed E-state index contributed by atoms with van der Waals surface area (Å²) in [6, 6.07) is 24.7. The molecule has 2 amide bonds. The molecular weight excluding hydrogens is 750 g/mol. The molecule has 12 heteroatoms. The smallest absolute Gasteiger partial charge is 0.407 e. The zero-order valence-electron chi connectivity index (χ0n) is 32.2. The highest BCUT2D eigenvalue weighted by Gasteiger charge is 2.51. The average molecular weight is 800 g/mol. The van der Waals surface area contributed by atoms with Crippen molar-refractivity contribution < 1.29 is 32.2 Å². The van der Waals surface area contributed by atoms with Gasteiger partial charge in [0.2, 0.25) is 15.9 Å². The second-order valence-corrected chi connectivity index (χ2v) is 19.0. The number of hydrogen-bond donors (Lipinski definition) is 1. The van der Waals surface area contributed by atoms with Gasteiger partial charge in [0.15, 0.2) is 0 Å². The number of rotatable bonds is 9. The molecule has 10 nitrogen and oxygen atoms in total. The molecule has 56 heavy (non-hydrogen) atoms. The molecule has 1 N–H and O–H groups in total. The molecular formula is C44H50ClN3O7S. The van der Waals surface area contributed by atoms with Gasteiger partial charge >= 0.3 is 6.09 Å². The van der Waals surface area contributed by atoms with E-state index in [0.717, 1.165) is 53.3 Å². The van der Waals surface area contributed by atoms with Crippen molar-refractivity contribution in [2.24, 2.45) is 0 Å². The van der Waals surface area contributed by atoms with Crippen LogP contribution in [0.1, 0.15) is 78.6 Å². The predicted octanol–water partition coefficient (Wildman–Crippen LogP) is 8.74. The maximum absolute atomic E-state index is 14.8. The molecule has 1 saturated carbocycles. The summed E-state index contributed by atoms with van der Waals surface area (Å²) in [7, 11) is -4.15. The van der Waals surface area contributed by atoms with Gasteiger partial charge in [-0.1, -0.05) is 54.1 Å². The number of ether oxygens (including phenoxy) is 3. The van der Waals surface area contributed by atoms with Gasteiger partial charge in [-0.2, -0.15) is 4.31 Å². The lowest BCUT2D eigenvalue weighted by molar-refractivity contribution is -0.139. The summed E-state index contributed by atoms with van der Waals surface area (Å²) in [5, 5.41) is 5.23. The minimum absolute atomic E-state index is 0.000236. The van der Waals surface area contributed by atoms with E-state index in [-0.39, 0.29) is 48.0 Å². The lowest BCUT2D eigenvalue weighted by atomic mass is 9.96. The van der Waals surface area contributed by atoms with Crippen molar-refractivity contribution in [3.8, 4) is 22.6 Å². The third-order valence-electron chi connectivity index (χ3n) is 11.5. The topological polar surface area (TPSA) is 114 Å². The van der Waals surface area contributed by atoms with Crippen LogP contribution in [-0.2, 0) is 19.6 Å². The minimum atomic E-state index is -4.15. The van der Waals surface area contributed by atoms with E-state index in [1.54, 1.807) is 24.3 Å². The summed E-state index contributed by atoms with van der Waals surface area (Å²) in [5.74, 6) is 1.10. The van der Waals surface area contributed by atoms with E-state index in [9.17, 15) is 18.0 Å². The quantitative estimate of drug-likeness (QED) is 0.180. The Hall–Kier alpha value is -4.32. The van der Waals surface area contributed by atoms with Gasteiger partial charge < -0.3 is 24.4 Å². The van der Waals surface area contributed by atoms with Crippen LogP contribution >= 0.6 is 11.6 Å². The third kappa shape index (κ3) is 8.22. The predicted molar refractivity (Wildman–Crippen MR) is 216 cm³/mol. The highest BCUT2D eigenvalue weighted by Crippen LogP contribution is 2.40. The second kappa shape index (κ2) is 15.6. The molecule has 4 aliphatic rings. The fraction of sp³-hybridized carbons (Fsp3) is 0.455. The van der Waals surface area contributed by atoms with Crippen LogP contribution in [0.4, 0.5) is 4.79 Å². The fourth-order valence-electron chi connectivity index (χ4n) is 9.02. The zero-order chi connectivity index (χ0) is 39.2. The van der Waals surface area contributed by atoms with Crippen LogP contribution in [0, 0.1) is 0 Å². The summed E-state index contributed by atoms with van der Waals surface area (Å²) in [5.41, 5.74) is 1.11. The number of nitrogens with zero attached hydrogens (tertiary/aromatic N) is 2. The van der Waals surface area contributed by atoms with Crippen molar-refractivity contribution in [2.45, 2.75) is 125 Å². The number of alkyl carbamates (subject to hydrolysis) is 1. The SMILES string of the molecule is CC(C)(C)OC(=O)NC1CC2CCC(C1)N2C(=O)[C@@H]1C[C@H](Oc2ccc(Cl)c(-c3ccccc3)c2)CN1S(=O)(=O)c1ccc2cc(OC3CCCC3)ccc2c1. The van der Waals surface area contributed by atoms with Crippen molar-refractivity contribution >= 4 is 44.4 Å². The van der Waals surface area contributed by atoms with Crippen LogP contribution in [-0.4, -0.2) is 78.1 Å². The van der Waals surface area contributed by atoms with Crippen molar-refractivity contribution in [1.29, 1.82) is 0 Å². The first-order chi connectivity index (χ1) is 26.8. The molecule has 0 spiro atoms. The summed E-state index contributed by atoms with van der Waals surface area (Å²) in [6.07, 6.45) is 6.49. The molecule has 3 heterocycles. The molecule has 0 aromatic heterocycles. The Bertz CT molecular complexity index is 2190. The van der Waals surface area contributed by atoms with Crippen molar-refractivity contribution in [3.05, 3.63) is 90.0 Å². The Morgan fingerprint density at radius 2 is 1.41 bits per heavy atom. The Kier molecular flexibility index (Phi) is 10.7. The number of benzene rings is 4. The van der Waals surface area contributed by atoms with E-state index in [1.807, 2.05) is 86.3 Å². The molecule has 0 radical (unpaired) electrons. The van der Waals surface area contributed by atoms with Gasteiger partial charge in [0.1, 0.15) is 29.2 Å². The summed E-state index contributed by atoms with van der Waals surface area (Å²) in [6.45, 7) is 5.48. The molecule has 2 bridgehead atoms. The fourth-order valence-corrected chi connectivity index (χ4v) is 10.9. The standard InChI is InChI=1S/C44H50ClN3O7S/c1-44(2,3)55-43(50)46-31-23-32-15-16-33(24-31)48(32)42(49)41-26-37(54-36-18-20-40(45)39(25-36)28-9-5-4-6-10-28)27-47(41)56(51,52)38-19-14-29-21-35(17-13-30(29)22-38)53-34-11-7-8-12-34/h4-6,9-10,13-14,17-22,25,31-34,37,41H,7-8,11-12,15-16,23-24,26-27H2,1-3H3,(H,46,50)/t31?,32?,33?,37-,41-/m0/s1. The maximum atomic E-state index is 14.8. The Balaban J connectivity index is 1.06. The van der Waals surface area contributed by atoms with Crippen LogP contribution in [0.3, 0.4) is 0 Å². The number of carbonyl (C=O) groups excluding carboxylic acids is 2.